The monoisotopic (exact) mass is 610 g/mol. The number of hydrogen-bond acceptors (Lipinski definition) is 7. The van der Waals surface area contributed by atoms with Gasteiger partial charge in [-0.1, -0.05) is 92.7 Å². The van der Waals surface area contributed by atoms with Crippen molar-refractivity contribution in [1.29, 1.82) is 0 Å². The highest BCUT2D eigenvalue weighted by Crippen LogP contribution is 2.49. The van der Waals surface area contributed by atoms with Crippen LogP contribution in [-0.2, 0) is 22.6 Å². The number of anilines is 1. The Morgan fingerprint density at radius 2 is 1.58 bits per heavy atom. The van der Waals surface area contributed by atoms with E-state index in [-0.39, 0.29) is 30.0 Å². The van der Waals surface area contributed by atoms with Crippen molar-refractivity contribution in [2.45, 2.75) is 57.4 Å². The van der Waals surface area contributed by atoms with Crippen LogP contribution >= 0.6 is 0 Å². The molecule has 0 bridgehead atoms. The molecule has 5 rings (SSSR count). The van der Waals surface area contributed by atoms with Crippen molar-refractivity contribution in [2.75, 3.05) is 5.32 Å². The van der Waals surface area contributed by atoms with E-state index < -0.39 is 35.6 Å². The minimum atomic E-state index is -1.37. The molecular formula is C35H38N4O6. The summed E-state index contributed by atoms with van der Waals surface area (Å²) in [5, 5.41) is 20.0. The van der Waals surface area contributed by atoms with E-state index in [0.717, 1.165) is 11.1 Å². The van der Waals surface area contributed by atoms with E-state index in [1.165, 1.54) is 6.26 Å². The summed E-state index contributed by atoms with van der Waals surface area (Å²) in [6, 6.07) is 27.0. The number of rotatable bonds is 13. The molecule has 3 amide bonds. The Bertz CT molecular complexity index is 1580. The minimum absolute atomic E-state index is 0.0117. The molecule has 10 heteroatoms. The maximum absolute atomic E-state index is 13.9. The van der Waals surface area contributed by atoms with Crippen LogP contribution in [0.15, 0.2) is 102 Å². The Balaban J connectivity index is 1.31. The molecule has 1 saturated carbocycles. The van der Waals surface area contributed by atoms with Gasteiger partial charge in [0.05, 0.1) is 6.04 Å². The maximum Gasteiger partial charge on any atom is 0.408 e. The Morgan fingerprint density at radius 3 is 2.20 bits per heavy atom. The second-order valence-electron chi connectivity index (χ2n) is 11.7. The van der Waals surface area contributed by atoms with Crippen LogP contribution in [0.5, 0.6) is 0 Å². The fourth-order valence-electron chi connectivity index (χ4n) is 5.49. The molecule has 0 spiro atoms. The summed E-state index contributed by atoms with van der Waals surface area (Å²) >= 11 is 0. The number of ether oxygens (including phenoxy) is 1. The lowest BCUT2D eigenvalue weighted by Crippen LogP contribution is -2.54. The molecule has 0 radical (unpaired) electrons. The molecule has 0 aliphatic heterocycles. The van der Waals surface area contributed by atoms with Gasteiger partial charge in [0.15, 0.2) is 11.8 Å². The summed E-state index contributed by atoms with van der Waals surface area (Å²) in [6.07, 6.45) is 0.425. The topological polar surface area (TPSA) is 143 Å². The van der Waals surface area contributed by atoms with Crippen LogP contribution in [0.4, 0.5) is 10.5 Å². The number of carbonyl (C=O) groups excluding carboxylic acids is 3. The lowest BCUT2D eigenvalue weighted by Gasteiger charge is -2.27. The van der Waals surface area contributed by atoms with Crippen molar-refractivity contribution >= 4 is 23.6 Å². The van der Waals surface area contributed by atoms with Gasteiger partial charge in [-0.3, -0.25) is 9.59 Å². The maximum atomic E-state index is 13.9. The van der Waals surface area contributed by atoms with Gasteiger partial charge in [-0.2, -0.15) is 0 Å². The summed E-state index contributed by atoms with van der Waals surface area (Å²) in [7, 11) is 0. The number of benzene rings is 3. The number of nitrogens with one attached hydrogen (secondary N) is 3. The predicted octanol–water partition coefficient (Wildman–Crippen LogP) is 5.42. The Kier molecular flexibility index (Phi) is 9.94. The second-order valence-corrected chi connectivity index (χ2v) is 11.7. The smallest absolute Gasteiger partial charge is 0.408 e. The molecule has 1 aliphatic carbocycles. The van der Waals surface area contributed by atoms with E-state index >= 15 is 0 Å². The number of aliphatic hydroxyl groups excluding tert-OH is 1. The van der Waals surface area contributed by atoms with Gasteiger partial charge in [-0.15, -0.1) is 0 Å². The third-order valence-corrected chi connectivity index (χ3v) is 8.09. The molecular weight excluding hydrogens is 572 g/mol. The zero-order valence-electron chi connectivity index (χ0n) is 25.3. The van der Waals surface area contributed by atoms with Crippen molar-refractivity contribution < 1.29 is 28.6 Å². The van der Waals surface area contributed by atoms with Gasteiger partial charge in [0, 0.05) is 5.69 Å². The van der Waals surface area contributed by atoms with Crippen LogP contribution in [0.2, 0.25) is 0 Å². The molecule has 3 aromatic carbocycles. The molecule has 4 aromatic rings. The molecule has 234 valence electrons. The number of amides is 3. The van der Waals surface area contributed by atoms with E-state index in [9.17, 15) is 19.5 Å². The largest absolute Gasteiger partial charge is 0.445 e. The zero-order chi connectivity index (χ0) is 31.8. The van der Waals surface area contributed by atoms with Crippen molar-refractivity contribution in [3.05, 3.63) is 120 Å². The predicted molar refractivity (Wildman–Crippen MR) is 168 cm³/mol. The average molecular weight is 611 g/mol. The number of nitrogens with zero attached hydrogens (tertiary/aromatic N) is 1. The van der Waals surface area contributed by atoms with Crippen molar-refractivity contribution in [1.82, 2.24) is 15.6 Å². The van der Waals surface area contributed by atoms with Crippen LogP contribution in [0, 0.1) is 11.8 Å². The first kappa shape index (κ1) is 31.5. The van der Waals surface area contributed by atoms with Gasteiger partial charge in [0.25, 0.3) is 5.91 Å². The highest BCUT2D eigenvalue weighted by Gasteiger charge is 2.62. The molecule has 1 aliphatic rings. The first-order valence-corrected chi connectivity index (χ1v) is 15.1. The fourth-order valence-corrected chi connectivity index (χ4v) is 5.49. The van der Waals surface area contributed by atoms with E-state index in [0.29, 0.717) is 24.9 Å². The van der Waals surface area contributed by atoms with Crippen molar-refractivity contribution in [2.24, 2.45) is 11.8 Å². The molecule has 1 fully saturated rings. The van der Waals surface area contributed by atoms with Gasteiger partial charge >= 0.3 is 6.09 Å². The third kappa shape index (κ3) is 7.96. The van der Waals surface area contributed by atoms with Gasteiger partial charge < -0.3 is 30.2 Å². The molecule has 4 atom stereocenters. The Morgan fingerprint density at radius 1 is 0.956 bits per heavy atom. The minimum Gasteiger partial charge on any atom is -0.445 e. The quantitative estimate of drug-likeness (QED) is 0.158. The molecule has 4 N–H and O–H groups in total. The number of oxazole rings is 1. The number of aryl methyl sites for hydroxylation is 1. The first-order valence-electron chi connectivity index (χ1n) is 15.1. The van der Waals surface area contributed by atoms with Crippen LogP contribution in [-0.4, -0.2) is 39.6 Å². The summed E-state index contributed by atoms with van der Waals surface area (Å²) in [5.41, 5.74) is 1.23. The molecule has 45 heavy (non-hydrogen) atoms. The van der Waals surface area contributed by atoms with Crippen LogP contribution in [0.3, 0.4) is 0 Å². The third-order valence-electron chi connectivity index (χ3n) is 8.09. The highest BCUT2D eigenvalue weighted by atomic mass is 16.5. The SMILES string of the molecule is CC(C)C1CC1(NC(=O)OCc1ccccc1)C(=O)N[C@@H](CCc1ccccc1)C(O)c1nc(C(=O)Nc2ccccc2)co1. The number of aliphatic hydroxyl groups is 1. The number of alkyl carbamates (subject to hydrolysis) is 1. The Hall–Kier alpha value is -4.96. The fraction of sp³-hybridized carbons (Fsp3) is 0.314. The number of hydrogen-bond donors (Lipinski definition) is 4. The normalized spacial score (nSPS) is 18.4. The van der Waals surface area contributed by atoms with Crippen LogP contribution < -0.4 is 16.0 Å². The van der Waals surface area contributed by atoms with Gasteiger partial charge in [0.1, 0.15) is 18.4 Å². The summed E-state index contributed by atoms with van der Waals surface area (Å²) < 4.78 is 11.0. The highest BCUT2D eigenvalue weighted by molar-refractivity contribution is 6.02. The lowest BCUT2D eigenvalue weighted by atomic mass is 9.99. The molecule has 1 aromatic heterocycles. The van der Waals surface area contributed by atoms with E-state index in [4.69, 9.17) is 9.15 Å². The summed E-state index contributed by atoms with van der Waals surface area (Å²) in [4.78, 5) is 43.8. The van der Waals surface area contributed by atoms with Crippen molar-refractivity contribution in [3.8, 4) is 0 Å². The van der Waals surface area contributed by atoms with E-state index in [1.807, 2.05) is 80.6 Å². The van der Waals surface area contributed by atoms with Crippen LogP contribution in [0.25, 0.3) is 0 Å². The van der Waals surface area contributed by atoms with Crippen molar-refractivity contribution in [3.63, 3.8) is 0 Å². The summed E-state index contributed by atoms with van der Waals surface area (Å²) in [5.74, 6) is -1.04. The number of para-hydroxylation sites is 1. The van der Waals surface area contributed by atoms with Gasteiger partial charge in [-0.25, -0.2) is 9.78 Å². The molecule has 10 nitrogen and oxygen atoms in total. The zero-order valence-corrected chi connectivity index (χ0v) is 25.3. The molecule has 1 heterocycles. The number of carbonyl (C=O) groups is 3. The standard InChI is InChI=1S/C35H38N4O6/c1-23(2)27-20-35(27,39-34(43)45-21-25-14-8-4-9-15-25)33(42)38-28(19-18-24-12-6-3-7-13-24)30(40)32-37-29(22-44-32)31(41)36-26-16-10-5-11-17-26/h3-17,22-23,27-28,30,40H,18-21H2,1-2H3,(H,36,41)(H,38,42)(H,39,43)/t27?,28-,30?,35?/m0/s1. The number of aromatic nitrogens is 1. The van der Waals surface area contributed by atoms with E-state index in [2.05, 4.69) is 20.9 Å². The Labute approximate surface area is 262 Å². The molecule has 3 unspecified atom stereocenters. The summed E-state index contributed by atoms with van der Waals surface area (Å²) in [6.45, 7) is 4.06. The average Bonchev–Trinajstić information content (AvgIpc) is 3.58. The van der Waals surface area contributed by atoms with Crippen LogP contribution in [0.1, 0.15) is 60.3 Å². The van der Waals surface area contributed by atoms with E-state index in [1.54, 1.807) is 24.3 Å². The first-order chi connectivity index (χ1) is 21.7. The molecule has 0 saturated heterocycles. The lowest BCUT2D eigenvalue weighted by molar-refractivity contribution is -0.126. The van der Waals surface area contributed by atoms with Gasteiger partial charge in [-0.05, 0) is 54.4 Å². The van der Waals surface area contributed by atoms with Gasteiger partial charge in [0.2, 0.25) is 11.8 Å². The second kappa shape index (κ2) is 14.2.